The second-order valence-corrected chi connectivity index (χ2v) is 8.44. The van der Waals surface area contributed by atoms with Crippen LogP contribution in [0.25, 0.3) is 10.2 Å². The third kappa shape index (κ3) is 3.28. The summed E-state index contributed by atoms with van der Waals surface area (Å²) < 4.78 is 2.22. The van der Waals surface area contributed by atoms with Gasteiger partial charge in [0.2, 0.25) is 5.91 Å². The second kappa shape index (κ2) is 6.42. The van der Waals surface area contributed by atoms with Gasteiger partial charge < -0.3 is 10.2 Å². The molecule has 1 amide bonds. The molecule has 0 atom stereocenters. The van der Waals surface area contributed by atoms with Crippen molar-refractivity contribution in [3.63, 3.8) is 0 Å². The van der Waals surface area contributed by atoms with E-state index in [0.717, 1.165) is 39.5 Å². The zero-order chi connectivity index (χ0) is 17.6. The van der Waals surface area contributed by atoms with Crippen LogP contribution in [0.5, 0.6) is 0 Å². The van der Waals surface area contributed by atoms with Gasteiger partial charge in [0.1, 0.15) is 0 Å². The van der Waals surface area contributed by atoms with Crippen molar-refractivity contribution in [2.45, 2.75) is 13.8 Å². The smallest absolute Gasteiger partial charge is 0.231 e. The summed E-state index contributed by atoms with van der Waals surface area (Å²) in [5.74, 6) is 0.0930. The van der Waals surface area contributed by atoms with Crippen LogP contribution in [0.3, 0.4) is 0 Å². The van der Waals surface area contributed by atoms with Crippen LogP contribution >= 0.6 is 27.3 Å². The van der Waals surface area contributed by atoms with E-state index in [1.165, 1.54) is 10.3 Å². The lowest BCUT2D eigenvalue weighted by molar-refractivity contribution is -0.120. The number of benzene rings is 2. The second-order valence-electron chi connectivity index (χ2n) is 6.52. The summed E-state index contributed by atoms with van der Waals surface area (Å²) in [6.45, 7) is 5.53. The number of nitrogens with zero attached hydrogens (tertiary/aromatic N) is 2. The van der Waals surface area contributed by atoms with Crippen molar-refractivity contribution >= 4 is 54.2 Å². The Hall–Kier alpha value is -1.92. The van der Waals surface area contributed by atoms with E-state index < -0.39 is 0 Å². The van der Waals surface area contributed by atoms with E-state index in [0.29, 0.717) is 0 Å². The molecule has 2 heterocycles. The number of thiazole rings is 1. The van der Waals surface area contributed by atoms with Gasteiger partial charge in [0.05, 0.1) is 16.1 Å². The highest BCUT2D eigenvalue weighted by Crippen LogP contribution is 2.33. The Morgan fingerprint density at radius 2 is 2.04 bits per heavy atom. The Labute approximate surface area is 159 Å². The van der Waals surface area contributed by atoms with Gasteiger partial charge in [-0.2, -0.15) is 0 Å². The number of hydrogen-bond acceptors (Lipinski definition) is 4. The molecule has 2 aromatic carbocycles. The van der Waals surface area contributed by atoms with E-state index in [2.05, 4.69) is 56.3 Å². The number of fused-ring (bicyclic) bond motifs is 1. The van der Waals surface area contributed by atoms with Crippen LogP contribution in [-0.4, -0.2) is 24.0 Å². The normalized spacial score (nSPS) is 14.6. The maximum atomic E-state index is 12.5. The van der Waals surface area contributed by atoms with Crippen LogP contribution in [0.2, 0.25) is 0 Å². The fraction of sp³-hybridized carbons (Fsp3) is 0.263. The molecule has 0 saturated carbocycles. The number of aryl methyl sites for hydroxylation is 2. The van der Waals surface area contributed by atoms with E-state index in [1.807, 2.05) is 25.1 Å². The molecular weight excluding hydrogens is 398 g/mol. The minimum absolute atomic E-state index is 0.0109. The average Bonchev–Trinajstić information content (AvgIpc) is 2.91. The molecule has 1 fully saturated rings. The first-order valence-electron chi connectivity index (χ1n) is 8.19. The molecule has 0 spiro atoms. The maximum absolute atomic E-state index is 12.5. The zero-order valence-electron chi connectivity index (χ0n) is 14.0. The molecule has 1 aliphatic rings. The first-order valence-corrected chi connectivity index (χ1v) is 9.80. The van der Waals surface area contributed by atoms with Gasteiger partial charge in [0.15, 0.2) is 5.13 Å². The molecule has 0 radical (unpaired) electrons. The Kier molecular flexibility index (Phi) is 4.25. The SMILES string of the molecule is Cc1ccc2nc(N3CC(C(=O)Nc4ccc(Br)cc4C)C3)sc2c1. The molecule has 1 aliphatic heterocycles. The Balaban J connectivity index is 1.41. The van der Waals surface area contributed by atoms with Crippen LogP contribution in [0.4, 0.5) is 10.8 Å². The molecule has 128 valence electrons. The molecule has 25 heavy (non-hydrogen) atoms. The summed E-state index contributed by atoms with van der Waals surface area (Å²) >= 11 is 5.14. The molecule has 3 aromatic rings. The predicted octanol–water partition coefficient (Wildman–Crippen LogP) is 4.75. The van der Waals surface area contributed by atoms with Gasteiger partial charge in [-0.3, -0.25) is 4.79 Å². The maximum Gasteiger partial charge on any atom is 0.231 e. The highest BCUT2D eigenvalue weighted by Gasteiger charge is 2.34. The van der Waals surface area contributed by atoms with Crippen LogP contribution in [-0.2, 0) is 4.79 Å². The largest absolute Gasteiger partial charge is 0.346 e. The monoisotopic (exact) mass is 415 g/mol. The van der Waals surface area contributed by atoms with Crippen molar-refractivity contribution < 1.29 is 4.79 Å². The fourth-order valence-corrected chi connectivity index (χ4v) is 4.52. The van der Waals surface area contributed by atoms with Crippen molar-refractivity contribution in [2.75, 3.05) is 23.3 Å². The van der Waals surface area contributed by atoms with Crippen LogP contribution in [0.15, 0.2) is 40.9 Å². The standard InChI is InChI=1S/C19H18BrN3OS/c1-11-3-5-16-17(7-11)25-19(22-16)23-9-13(10-23)18(24)21-15-6-4-14(20)8-12(15)2/h3-8,13H,9-10H2,1-2H3,(H,21,24). The molecule has 6 heteroatoms. The number of halogens is 1. The van der Waals surface area contributed by atoms with Gasteiger partial charge >= 0.3 is 0 Å². The lowest BCUT2D eigenvalue weighted by Crippen LogP contribution is -2.52. The number of nitrogens with one attached hydrogen (secondary N) is 1. The third-order valence-corrected chi connectivity index (χ3v) is 6.07. The van der Waals surface area contributed by atoms with Crippen LogP contribution in [0.1, 0.15) is 11.1 Å². The molecule has 1 aromatic heterocycles. The van der Waals surface area contributed by atoms with E-state index >= 15 is 0 Å². The predicted molar refractivity (Wildman–Crippen MR) is 108 cm³/mol. The number of carbonyl (C=O) groups excluding carboxylic acids is 1. The quantitative estimate of drug-likeness (QED) is 0.670. The van der Waals surface area contributed by atoms with Crippen molar-refractivity contribution in [2.24, 2.45) is 5.92 Å². The highest BCUT2D eigenvalue weighted by molar-refractivity contribution is 9.10. The van der Waals surface area contributed by atoms with Crippen molar-refractivity contribution in [1.82, 2.24) is 4.98 Å². The summed E-state index contributed by atoms with van der Waals surface area (Å²) in [5.41, 5.74) is 4.21. The molecule has 4 rings (SSSR count). The number of hydrogen-bond donors (Lipinski definition) is 1. The Bertz CT molecular complexity index is 962. The summed E-state index contributed by atoms with van der Waals surface area (Å²) in [5, 5.41) is 4.05. The lowest BCUT2D eigenvalue weighted by Gasteiger charge is -2.38. The highest BCUT2D eigenvalue weighted by atomic mass is 79.9. The molecule has 0 unspecified atom stereocenters. The zero-order valence-corrected chi connectivity index (χ0v) is 16.4. The summed E-state index contributed by atoms with van der Waals surface area (Å²) in [4.78, 5) is 19.3. The van der Waals surface area contributed by atoms with Gasteiger partial charge in [-0.25, -0.2) is 4.98 Å². The van der Waals surface area contributed by atoms with Gasteiger partial charge in [-0.05, 0) is 55.3 Å². The van der Waals surface area contributed by atoms with Crippen molar-refractivity contribution in [1.29, 1.82) is 0 Å². The van der Waals surface area contributed by atoms with Gasteiger partial charge in [-0.1, -0.05) is 33.3 Å². The minimum Gasteiger partial charge on any atom is -0.346 e. The number of rotatable bonds is 3. The first kappa shape index (κ1) is 16.5. The average molecular weight is 416 g/mol. The van der Waals surface area contributed by atoms with Gasteiger partial charge in [0.25, 0.3) is 0 Å². The molecule has 0 bridgehead atoms. The van der Waals surface area contributed by atoms with E-state index in [-0.39, 0.29) is 11.8 Å². The number of amides is 1. The van der Waals surface area contributed by atoms with E-state index in [9.17, 15) is 4.79 Å². The van der Waals surface area contributed by atoms with Crippen molar-refractivity contribution in [3.8, 4) is 0 Å². The number of anilines is 2. The molecule has 1 N–H and O–H groups in total. The third-order valence-electron chi connectivity index (χ3n) is 4.50. The van der Waals surface area contributed by atoms with Gasteiger partial charge in [-0.15, -0.1) is 0 Å². The number of aromatic nitrogens is 1. The topological polar surface area (TPSA) is 45.2 Å². The van der Waals surface area contributed by atoms with Crippen LogP contribution in [0, 0.1) is 19.8 Å². The Morgan fingerprint density at radius 1 is 1.24 bits per heavy atom. The van der Waals surface area contributed by atoms with E-state index in [4.69, 9.17) is 0 Å². The van der Waals surface area contributed by atoms with Gasteiger partial charge in [0, 0.05) is 23.2 Å². The first-order chi connectivity index (χ1) is 12.0. The van der Waals surface area contributed by atoms with Crippen LogP contribution < -0.4 is 10.2 Å². The molecular formula is C19H18BrN3OS. The lowest BCUT2D eigenvalue weighted by atomic mass is 10.00. The van der Waals surface area contributed by atoms with E-state index in [1.54, 1.807) is 11.3 Å². The summed E-state index contributed by atoms with van der Waals surface area (Å²) in [7, 11) is 0. The summed E-state index contributed by atoms with van der Waals surface area (Å²) in [6, 6.07) is 12.2. The molecule has 1 saturated heterocycles. The fourth-order valence-electron chi connectivity index (χ4n) is 2.96. The van der Waals surface area contributed by atoms with Crippen molar-refractivity contribution in [3.05, 3.63) is 52.0 Å². The summed E-state index contributed by atoms with van der Waals surface area (Å²) in [6.07, 6.45) is 0. The molecule has 0 aliphatic carbocycles. The minimum atomic E-state index is 0.0109. The Morgan fingerprint density at radius 3 is 2.80 bits per heavy atom. The number of carbonyl (C=O) groups is 1. The molecule has 4 nitrogen and oxygen atoms in total.